The summed E-state index contributed by atoms with van der Waals surface area (Å²) in [4.78, 5) is 64.4. The largest absolute Gasteiger partial charge is 0.423 e. The zero-order valence-electron chi connectivity index (χ0n) is 19.2. The van der Waals surface area contributed by atoms with Gasteiger partial charge in [0.2, 0.25) is 5.91 Å². The molecule has 12 heteroatoms. The molecule has 186 valence electrons. The van der Waals surface area contributed by atoms with Gasteiger partial charge in [-0.3, -0.25) is 19.8 Å². The first kappa shape index (κ1) is 25.4. The zero-order chi connectivity index (χ0) is 25.5. The molecule has 0 spiro atoms. The quantitative estimate of drug-likeness (QED) is 0.124. The van der Waals surface area contributed by atoms with Gasteiger partial charge in [-0.2, -0.15) is 0 Å². The molecule has 1 aliphatic rings. The van der Waals surface area contributed by atoms with Crippen molar-refractivity contribution in [2.75, 3.05) is 6.67 Å². The lowest BCUT2D eigenvalue weighted by molar-refractivity contribution is -0.197. The Labute approximate surface area is 200 Å². The number of nitrogens with one attached hydrogen (secondary N) is 3. The second kappa shape index (κ2) is 11.3. The van der Waals surface area contributed by atoms with Gasteiger partial charge in [-0.15, -0.1) is 5.06 Å². The average molecular weight is 485 g/mol. The number of amides is 3. The molecule has 1 fully saturated rings. The summed E-state index contributed by atoms with van der Waals surface area (Å²) in [6, 6.07) is 6.97. The van der Waals surface area contributed by atoms with E-state index in [4.69, 9.17) is 20.4 Å². The predicted molar refractivity (Wildman–Crippen MR) is 124 cm³/mol. The molecule has 1 saturated heterocycles. The molecule has 0 radical (unpaired) electrons. The number of rotatable bonds is 10. The van der Waals surface area contributed by atoms with Crippen LogP contribution in [0.2, 0.25) is 0 Å². The van der Waals surface area contributed by atoms with E-state index in [1.165, 1.54) is 0 Å². The third-order valence-corrected chi connectivity index (χ3v) is 5.46. The number of carbonyl (C=O) groups is 4. The topological polar surface area (TPSA) is 185 Å². The van der Waals surface area contributed by atoms with Crippen molar-refractivity contribution in [1.82, 2.24) is 15.7 Å². The van der Waals surface area contributed by atoms with Crippen LogP contribution in [0.4, 0.5) is 0 Å². The summed E-state index contributed by atoms with van der Waals surface area (Å²) < 4.78 is 5.41. The highest BCUT2D eigenvalue weighted by Crippen LogP contribution is 2.22. The standard InChI is InChI=1S/C23H27N5O7/c1-13(9-18(29)26-12-27-23(24)25)16-11-15-10-14(5-6-17(15)34-22(16)33)3-2-4-21(32)35-28-19(30)7-8-20(28)31/h5-6,10-11,13H,2-4,7-9,12H2,1H3,(H,26,29)(H4,24,25,27). The number of hydroxylamine groups is 2. The molecule has 3 amide bonds. The summed E-state index contributed by atoms with van der Waals surface area (Å²) in [5.41, 5.74) is 6.28. The Bertz CT molecular complexity index is 1210. The van der Waals surface area contributed by atoms with Gasteiger partial charge >= 0.3 is 11.6 Å². The lowest BCUT2D eigenvalue weighted by Gasteiger charge is -2.13. The second-order valence-electron chi connectivity index (χ2n) is 8.23. The van der Waals surface area contributed by atoms with Crippen molar-refractivity contribution in [3.8, 4) is 0 Å². The Morgan fingerprint density at radius 1 is 1.17 bits per heavy atom. The maximum Gasteiger partial charge on any atom is 0.339 e. The van der Waals surface area contributed by atoms with Crippen LogP contribution >= 0.6 is 0 Å². The number of nitrogens with two attached hydrogens (primary N) is 1. The van der Waals surface area contributed by atoms with E-state index in [2.05, 4.69) is 10.6 Å². The molecule has 1 aliphatic heterocycles. The van der Waals surface area contributed by atoms with Crippen molar-refractivity contribution < 1.29 is 28.4 Å². The van der Waals surface area contributed by atoms with E-state index < -0.39 is 29.3 Å². The fourth-order valence-electron chi connectivity index (χ4n) is 3.63. The number of hydrogen-bond donors (Lipinski definition) is 4. The van der Waals surface area contributed by atoms with Crippen LogP contribution in [0, 0.1) is 5.41 Å². The van der Waals surface area contributed by atoms with Crippen LogP contribution in [0.25, 0.3) is 11.0 Å². The number of benzene rings is 1. The van der Waals surface area contributed by atoms with Crippen molar-refractivity contribution in [2.24, 2.45) is 5.73 Å². The number of aryl methyl sites for hydroxylation is 1. The van der Waals surface area contributed by atoms with Gasteiger partial charge in [-0.05, 0) is 42.5 Å². The van der Waals surface area contributed by atoms with E-state index in [1.54, 1.807) is 25.1 Å². The third kappa shape index (κ3) is 6.88. The number of fused-ring (bicyclic) bond motifs is 1. The number of nitrogens with zero attached hydrogens (tertiary/aromatic N) is 1. The molecule has 2 aromatic rings. The summed E-state index contributed by atoms with van der Waals surface area (Å²) in [5.74, 6) is -2.69. The second-order valence-corrected chi connectivity index (χ2v) is 8.23. The SMILES string of the molecule is CC(CC(=O)NCNC(=N)N)c1cc2cc(CCCC(=O)ON3C(=O)CCC3=O)ccc2oc1=O. The first-order chi connectivity index (χ1) is 16.6. The van der Waals surface area contributed by atoms with Gasteiger partial charge in [0.1, 0.15) is 5.58 Å². The van der Waals surface area contributed by atoms with Crippen LogP contribution in [0.15, 0.2) is 33.5 Å². The maximum absolute atomic E-state index is 12.4. The minimum Gasteiger partial charge on any atom is -0.423 e. The predicted octanol–water partition coefficient (Wildman–Crippen LogP) is 0.773. The molecule has 1 unspecified atom stereocenters. The van der Waals surface area contributed by atoms with Crippen molar-refractivity contribution >= 4 is 40.6 Å². The van der Waals surface area contributed by atoms with E-state index in [1.807, 2.05) is 6.07 Å². The first-order valence-electron chi connectivity index (χ1n) is 11.1. The summed E-state index contributed by atoms with van der Waals surface area (Å²) in [6.07, 6.45) is 1.09. The molecular weight excluding hydrogens is 458 g/mol. The Kier molecular flexibility index (Phi) is 8.18. The molecule has 3 rings (SSSR count). The number of imide groups is 1. The molecule has 5 N–H and O–H groups in total. The van der Waals surface area contributed by atoms with Gasteiger partial charge in [0.05, 0.1) is 6.67 Å². The van der Waals surface area contributed by atoms with Crippen LogP contribution < -0.4 is 22.0 Å². The van der Waals surface area contributed by atoms with Gasteiger partial charge in [0.15, 0.2) is 5.96 Å². The van der Waals surface area contributed by atoms with E-state index in [0.717, 1.165) is 5.56 Å². The minimum atomic E-state index is -0.659. The molecule has 12 nitrogen and oxygen atoms in total. The van der Waals surface area contributed by atoms with Gasteiger partial charge in [-0.25, -0.2) is 9.59 Å². The lowest BCUT2D eigenvalue weighted by Crippen LogP contribution is -2.40. The summed E-state index contributed by atoms with van der Waals surface area (Å²) in [7, 11) is 0. The Hall–Kier alpha value is -4.22. The van der Waals surface area contributed by atoms with Crippen molar-refractivity contribution in [3.63, 3.8) is 0 Å². The van der Waals surface area contributed by atoms with Gasteiger partial charge in [0.25, 0.3) is 11.8 Å². The normalized spacial score (nSPS) is 14.1. The monoisotopic (exact) mass is 485 g/mol. The first-order valence-corrected chi connectivity index (χ1v) is 11.1. The third-order valence-electron chi connectivity index (χ3n) is 5.46. The zero-order valence-corrected chi connectivity index (χ0v) is 19.2. The number of guanidine groups is 1. The van der Waals surface area contributed by atoms with Crippen LogP contribution in [0.3, 0.4) is 0 Å². The summed E-state index contributed by atoms with van der Waals surface area (Å²) in [5, 5.41) is 13.3. The van der Waals surface area contributed by atoms with Crippen molar-refractivity contribution in [3.05, 3.63) is 45.8 Å². The van der Waals surface area contributed by atoms with Gasteiger partial charge < -0.3 is 25.6 Å². The number of hydrogen-bond acceptors (Lipinski definition) is 8. The highest BCUT2D eigenvalue weighted by molar-refractivity contribution is 6.01. The highest BCUT2D eigenvalue weighted by atomic mass is 16.7. The van der Waals surface area contributed by atoms with E-state index in [-0.39, 0.29) is 44.2 Å². The van der Waals surface area contributed by atoms with E-state index in [9.17, 15) is 24.0 Å². The Morgan fingerprint density at radius 2 is 1.89 bits per heavy atom. The lowest BCUT2D eigenvalue weighted by atomic mass is 9.97. The molecule has 0 aliphatic carbocycles. The molecule has 1 aromatic carbocycles. The molecular formula is C23H27N5O7. The van der Waals surface area contributed by atoms with Crippen LogP contribution in [-0.4, -0.2) is 41.4 Å². The summed E-state index contributed by atoms with van der Waals surface area (Å²) in [6.45, 7) is 1.75. The molecule has 2 heterocycles. The molecule has 0 saturated carbocycles. The maximum atomic E-state index is 12.4. The highest BCUT2D eigenvalue weighted by Gasteiger charge is 2.32. The fourth-order valence-corrected chi connectivity index (χ4v) is 3.63. The molecule has 1 aromatic heterocycles. The minimum absolute atomic E-state index is 0.00869. The van der Waals surface area contributed by atoms with Crippen molar-refractivity contribution in [1.29, 1.82) is 5.41 Å². The van der Waals surface area contributed by atoms with Gasteiger partial charge in [0, 0.05) is 36.6 Å². The van der Waals surface area contributed by atoms with E-state index >= 15 is 0 Å². The van der Waals surface area contributed by atoms with Crippen LogP contribution in [0.1, 0.15) is 56.1 Å². The Morgan fingerprint density at radius 3 is 2.57 bits per heavy atom. The van der Waals surface area contributed by atoms with Crippen LogP contribution in [-0.2, 0) is 30.4 Å². The van der Waals surface area contributed by atoms with Gasteiger partial charge in [-0.1, -0.05) is 13.0 Å². The Balaban J connectivity index is 1.59. The number of carbonyl (C=O) groups excluding carboxylic acids is 4. The smallest absolute Gasteiger partial charge is 0.339 e. The fraction of sp³-hybridized carbons (Fsp3) is 0.391. The molecule has 35 heavy (non-hydrogen) atoms. The molecule has 1 atom stereocenters. The average Bonchev–Trinajstić information content (AvgIpc) is 3.10. The van der Waals surface area contributed by atoms with E-state index in [0.29, 0.717) is 34.4 Å². The molecule has 0 bridgehead atoms. The summed E-state index contributed by atoms with van der Waals surface area (Å²) >= 11 is 0. The van der Waals surface area contributed by atoms with Crippen LogP contribution in [0.5, 0.6) is 0 Å². The van der Waals surface area contributed by atoms with Crippen molar-refractivity contribution in [2.45, 2.75) is 51.4 Å².